The Morgan fingerprint density at radius 1 is 1.70 bits per heavy atom. The molecule has 0 spiro atoms. The van der Waals surface area contributed by atoms with Crippen molar-refractivity contribution in [1.82, 2.24) is 10.3 Å². The molecule has 0 aliphatic carbocycles. The first-order chi connectivity index (χ1) is 4.75. The molecular formula is C3N4O3. The zero-order chi connectivity index (χ0) is 7.56. The van der Waals surface area contributed by atoms with Gasteiger partial charge in [-0.2, -0.15) is 5.26 Å². The molecule has 7 heteroatoms. The first-order valence-electron chi connectivity index (χ1n) is 2.12. The molecule has 0 saturated heterocycles. The normalized spacial score (nSPS) is 8.70. The van der Waals surface area contributed by atoms with Crippen molar-refractivity contribution in [1.29, 1.82) is 5.26 Å². The fraction of sp³-hybridized carbons (Fsp3) is 0. The van der Waals surface area contributed by atoms with Crippen LogP contribution in [0.3, 0.4) is 0 Å². The van der Waals surface area contributed by atoms with E-state index in [0.717, 1.165) is 0 Å². The van der Waals surface area contributed by atoms with Crippen LogP contribution < -0.4 is 0 Å². The lowest BCUT2D eigenvalue weighted by Gasteiger charge is -1.80. The summed E-state index contributed by atoms with van der Waals surface area (Å²) in [4.78, 5) is 9.10. The third-order valence-corrected chi connectivity index (χ3v) is 0.750. The Morgan fingerprint density at radius 2 is 2.40 bits per heavy atom. The molecular weight excluding hydrogens is 140 g/mol. The van der Waals surface area contributed by atoms with Gasteiger partial charge < -0.3 is 10.1 Å². The van der Waals surface area contributed by atoms with Crippen LogP contribution in [0.1, 0.15) is 5.69 Å². The second-order valence-corrected chi connectivity index (χ2v) is 1.31. The molecule has 0 aromatic carbocycles. The van der Waals surface area contributed by atoms with Crippen LogP contribution in [-0.4, -0.2) is 15.2 Å². The third kappa shape index (κ3) is 0.775. The minimum absolute atomic E-state index is 0.412. The number of nitro groups is 1. The summed E-state index contributed by atoms with van der Waals surface area (Å²) in [5.74, 6) is -0.650. The summed E-state index contributed by atoms with van der Waals surface area (Å²) < 4.78 is 3.93. The first-order valence-corrected chi connectivity index (χ1v) is 2.12. The molecule has 10 heavy (non-hydrogen) atoms. The largest absolute Gasteiger partial charge is 0.452 e. The molecule has 1 heterocycles. The van der Waals surface area contributed by atoms with E-state index < -0.39 is 16.4 Å². The zero-order valence-electron chi connectivity index (χ0n) is 4.51. The predicted octanol–water partition coefficient (Wildman–Crippen LogP) is -0.151. The lowest BCUT2D eigenvalue weighted by Crippen LogP contribution is -1.90. The Hall–Kier alpha value is -1.97. The molecule has 0 amide bonds. The molecule has 0 unspecified atom stereocenters. The molecule has 0 saturated carbocycles. The predicted molar refractivity (Wildman–Crippen MR) is 25.7 cm³/mol. The molecule has 1 aromatic rings. The molecule has 1 rings (SSSR count). The number of hydrogen-bond acceptors (Lipinski definition) is 6. The van der Waals surface area contributed by atoms with Gasteiger partial charge in [0.2, 0.25) is 0 Å². The van der Waals surface area contributed by atoms with E-state index in [1.54, 1.807) is 0 Å². The van der Waals surface area contributed by atoms with Crippen molar-refractivity contribution in [2.24, 2.45) is 0 Å². The van der Waals surface area contributed by atoms with Crippen LogP contribution in [0.25, 0.3) is 0 Å². The highest BCUT2D eigenvalue weighted by atomic mass is 16.6. The van der Waals surface area contributed by atoms with Crippen LogP contribution in [0.4, 0.5) is 5.82 Å². The second-order valence-electron chi connectivity index (χ2n) is 1.31. The number of aromatic nitrogens is 2. The summed E-state index contributed by atoms with van der Waals surface area (Å²) >= 11 is 0. The Bertz CT molecular complexity index is 297. The van der Waals surface area contributed by atoms with Gasteiger partial charge in [-0.3, -0.25) is 0 Å². The van der Waals surface area contributed by atoms with Crippen LogP contribution >= 0.6 is 0 Å². The van der Waals surface area contributed by atoms with Gasteiger partial charge in [0, 0.05) is 0 Å². The van der Waals surface area contributed by atoms with Crippen molar-refractivity contribution in [3.8, 4) is 6.07 Å². The highest BCUT2D eigenvalue weighted by Gasteiger charge is 2.20. The topological polar surface area (TPSA) is 106 Å². The molecule has 0 atom stereocenters. The van der Waals surface area contributed by atoms with Crippen molar-refractivity contribution < 1.29 is 9.55 Å². The van der Waals surface area contributed by atoms with Crippen LogP contribution in [0.2, 0.25) is 0 Å². The van der Waals surface area contributed by atoms with E-state index in [-0.39, 0.29) is 0 Å². The van der Waals surface area contributed by atoms with Crippen molar-refractivity contribution >= 4 is 5.82 Å². The lowest BCUT2D eigenvalue weighted by molar-refractivity contribution is -0.391. The molecule has 0 aliphatic rings. The fourth-order valence-electron chi connectivity index (χ4n) is 0.374. The maximum Gasteiger partial charge on any atom is 0.452 e. The average Bonchev–Trinajstić information content (AvgIpc) is 2.33. The van der Waals surface area contributed by atoms with E-state index in [4.69, 9.17) is 5.26 Å². The zero-order valence-corrected chi connectivity index (χ0v) is 4.51. The maximum absolute atomic E-state index is 9.93. The highest BCUT2D eigenvalue weighted by molar-refractivity contribution is 5.33. The monoisotopic (exact) mass is 140 g/mol. The van der Waals surface area contributed by atoms with Gasteiger partial charge in [0.15, 0.2) is 5.16 Å². The molecule has 0 aliphatic heterocycles. The van der Waals surface area contributed by atoms with Crippen LogP contribution in [0.5, 0.6) is 0 Å². The Kier molecular flexibility index (Phi) is 1.29. The lowest BCUT2D eigenvalue weighted by atomic mass is 10.5. The van der Waals surface area contributed by atoms with Crippen LogP contribution in [-0.2, 0) is 0 Å². The van der Waals surface area contributed by atoms with Crippen molar-refractivity contribution in [2.45, 2.75) is 0 Å². The second kappa shape index (κ2) is 2.10. The SMILES string of the molecule is N#Cc1nonc1[N+](=O)[O-]. The third-order valence-electron chi connectivity index (χ3n) is 0.750. The van der Waals surface area contributed by atoms with Crippen LogP contribution in [0, 0.1) is 21.4 Å². The van der Waals surface area contributed by atoms with Gasteiger partial charge in [-0.1, -0.05) is 0 Å². The Morgan fingerprint density at radius 3 is 2.80 bits per heavy atom. The van der Waals surface area contributed by atoms with Crippen LogP contribution in [0.15, 0.2) is 4.63 Å². The fourth-order valence-corrected chi connectivity index (χ4v) is 0.374. The molecule has 7 nitrogen and oxygen atoms in total. The van der Waals surface area contributed by atoms with Gasteiger partial charge in [-0.05, 0) is 10.1 Å². The van der Waals surface area contributed by atoms with E-state index in [2.05, 4.69) is 14.9 Å². The van der Waals surface area contributed by atoms with Gasteiger partial charge in [0.1, 0.15) is 6.07 Å². The van der Waals surface area contributed by atoms with Gasteiger partial charge in [0.05, 0.1) is 0 Å². The molecule has 50 valence electrons. The van der Waals surface area contributed by atoms with Gasteiger partial charge in [-0.25, -0.2) is 0 Å². The molecule has 0 bridgehead atoms. The summed E-state index contributed by atoms with van der Waals surface area (Å²) in [5, 5.41) is 23.9. The summed E-state index contributed by atoms with van der Waals surface area (Å²) in [5.41, 5.74) is -0.412. The Labute approximate surface area is 54.0 Å². The van der Waals surface area contributed by atoms with Gasteiger partial charge in [0.25, 0.3) is 5.69 Å². The van der Waals surface area contributed by atoms with Crippen molar-refractivity contribution in [3.63, 3.8) is 0 Å². The number of rotatable bonds is 1. The first kappa shape index (κ1) is 6.15. The van der Waals surface area contributed by atoms with E-state index in [1.165, 1.54) is 6.07 Å². The Balaban J connectivity index is 3.17. The summed E-state index contributed by atoms with van der Waals surface area (Å²) in [6.07, 6.45) is 0. The quantitative estimate of drug-likeness (QED) is 0.396. The van der Waals surface area contributed by atoms with Gasteiger partial charge >= 0.3 is 5.82 Å². The minimum atomic E-state index is -0.838. The van der Waals surface area contributed by atoms with Gasteiger partial charge in [-0.15, -0.1) is 4.63 Å². The summed E-state index contributed by atoms with van der Waals surface area (Å²) in [6, 6.07) is 1.45. The number of hydrogen-bond donors (Lipinski definition) is 0. The highest BCUT2D eigenvalue weighted by Crippen LogP contribution is 2.09. The van der Waals surface area contributed by atoms with E-state index in [1.807, 2.05) is 0 Å². The number of nitrogens with zero attached hydrogens (tertiary/aromatic N) is 4. The standard InChI is InChI=1S/C3N4O3/c4-1-2-3(7(8)9)6-10-5-2. The van der Waals surface area contributed by atoms with Crippen molar-refractivity contribution in [2.75, 3.05) is 0 Å². The van der Waals surface area contributed by atoms with E-state index in [9.17, 15) is 10.1 Å². The summed E-state index contributed by atoms with van der Waals surface area (Å²) in [6.45, 7) is 0. The van der Waals surface area contributed by atoms with E-state index in [0.29, 0.717) is 0 Å². The maximum atomic E-state index is 9.93. The van der Waals surface area contributed by atoms with Crippen molar-refractivity contribution in [3.05, 3.63) is 15.8 Å². The number of nitriles is 1. The smallest absolute Gasteiger partial charge is 0.358 e. The van der Waals surface area contributed by atoms with E-state index >= 15 is 0 Å². The molecule has 0 fully saturated rings. The molecule has 0 N–H and O–H groups in total. The molecule has 1 aromatic heterocycles. The summed E-state index contributed by atoms with van der Waals surface area (Å²) in [7, 11) is 0. The average molecular weight is 140 g/mol. The molecule has 0 radical (unpaired) electrons. The minimum Gasteiger partial charge on any atom is -0.358 e.